The number of aromatic nitrogens is 1. The van der Waals surface area contributed by atoms with Gasteiger partial charge >= 0.3 is 12.4 Å². The maximum absolute atomic E-state index is 12.2. The van der Waals surface area contributed by atoms with Crippen molar-refractivity contribution in [2.24, 2.45) is 0 Å². The van der Waals surface area contributed by atoms with Gasteiger partial charge in [0.1, 0.15) is 0 Å². The molecule has 1 aromatic heterocycles. The fourth-order valence-electron chi connectivity index (χ4n) is 0.881. The second kappa shape index (κ2) is 3.55. The summed E-state index contributed by atoms with van der Waals surface area (Å²) in [6, 6.07) is 0.192. The normalized spacial score (nSPS) is 13.0. The first-order chi connectivity index (χ1) is 6.62. The van der Waals surface area contributed by atoms with Gasteiger partial charge in [-0.25, -0.2) is 4.98 Å². The van der Waals surface area contributed by atoms with Crippen LogP contribution in [0.4, 0.5) is 26.3 Å². The third-order valence-corrected chi connectivity index (χ3v) is 1.63. The summed E-state index contributed by atoms with van der Waals surface area (Å²) in [5, 5.41) is -0.504. The lowest BCUT2D eigenvalue weighted by atomic mass is 10.2. The summed E-state index contributed by atoms with van der Waals surface area (Å²) in [6.07, 6.45) is -9.78. The van der Waals surface area contributed by atoms with E-state index in [2.05, 4.69) is 4.98 Å². The Labute approximate surface area is 84.7 Å². The van der Waals surface area contributed by atoms with Gasteiger partial charge in [0.2, 0.25) is 0 Å². The first-order valence-electron chi connectivity index (χ1n) is 3.42. The molecule has 0 aliphatic carbocycles. The topological polar surface area (TPSA) is 12.9 Å². The maximum Gasteiger partial charge on any atom is 0.433 e. The van der Waals surface area contributed by atoms with Crippen LogP contribution in [0.15, 0.2) is 12.3 Å². The fraction of sp³-hybridized carbons (Fsp3) is 0.286. The molecule has 0 amide bonds. The van der Waals surface area contributed by atoms with Crippen molar-refractivity contribution in [1.29, 1.82) is 0 Å². The smallest absolute Gasteiger partial charge is 0.250 e. The molecular weight excluding hydrogens is 248 g/mol. The molecule has 1 heterocycles. The zero-order valence-corrected chi connectivity index (χ0v) is 7.50. The summed E-state index contributed by atoms with van der Waals surface area (Å²) >= 11 is 5.14. The first-order valence-corrected chi connectivity index (χ1v) is 3.80. The molecule has 1 aromatic rings. The van der Waals surface area contributed by atoms with E-state index in [1.807, 2.05) is 0 Å². The molecule has 0 aromatic carbocycles. The highest BCUT2D eigenvalue weighted by molar-refractivity contribution is 6.30. The summed E-state index contributed by atoms with van der Waals surface area (Å²) in [4.78, 5) is 2.64. The predicted molar refractivity (Wildman–Crippen MR) is 39.3 cm³/mol. The quantitative estimate of drug-likeness (QED) is 0.638. The molecule has 15 heavy (non-hydrogen) atoms. The van der Waals surface area contributed by atoms with E-state index >= 15 is 0 Å². The van der Waals surface area contributed by atoms with Crippen molar-refractivity contribution in [3.63, 3.8) is 0 Å². The molecule has 1 rings (SSSR count). The molecule has 0 saturated heterocycles. The van der Waals surface area contributed by atoms with Gasteiger partial charge in [0.05, 0.1) is 10.6 Å². The Balaban J connectivity index is 3.41. The molecule has 0 N–H and O–H groups in total. The number of hydrogen-bond donors (Lipinski definition) is 0. The van der Waals surface area contributed by atoms with Crippen molar-refractivity contribution in [1.82, 2.24) is 4.98 Å². The van der Waals surface area contributed by atoms with Gasteiger partial charge < -0.3 is 0 Å². The number of halogens is 7. The molecule has 0 aliphatic heterocycles. The molecule has 0 spiro atoms. The molecular formula is C7H2ClF6N. The zero-order chi connectivity index (χ0) is 11.9. The van der Waals surface area contributed by atoms with Crippen LogP contribution in [0.2, 0.25) is 5.02 Å². The molecule has 0 atom stereocenters. The molecule has 0 fully saturated rings. The van der Waals surface area contributed by atoms with Crippen molar-refractivity contribution < 1.29 is 26.3 Å². The molecule has 0 aliphatic rings. The number of rotatable bonds is 0. The summed E-state index contributed by atoms with van der Waals surface area (Å²) in [6.45, 7) is 0. The molecule has 8 heteroatoms. The summed E-state index contributed by atoms with van der Waals surface area (Å²) in [5.41, 5.74) is -3.87. The average molecular weight is 250 g/mol. The number of nitrogens with zero attached hydrogens (tertiary/aromatic N) is 1. The van der Waals surface area contributed by atoms with E-state index in [1.165, 1.54) is 0 Å². The zero-order valence-electron chi connectivity index (χ0n) is 6.75. The van der Waals surface area contributed by atoms with Crippen LogP contribution in [-0.4, -0.2) is 4.98 Å². The lowest BCUT2D eigenvalue weighted by molar-refractivity contribution is -0.164. The Kier molecular flexibility index (Phi) is 2.86. The van der Waals surface area contributed by atoms with Gasteiger partial charge in [-0.05, 0) is 6.07 Å². The highest BCUT2D eigenvalue weighted by Crippen LogP contribution is 2.39. The predicted octanol–water partition coefficient (Wildman–Crippen LogP) is 3.77. The van der Waals surface area contributed by atoms with E-state index in [9.17, 15) is 26.3 Å². The van der Waals surface area contributed by atoms with Crippen LogP contribution >= 0.6 is 11.6 Å². The molecule has 84 valence electrons. The van der Waals surface area contributed by atoms with Crippen LogP contribution in [0.1, 0.15) is 11.3 Å². The number of hydrogen-bond acceptors (Lipinski definition) is 1. The third-order valence-electron chi connectivity index (χ3n) is 1.43. The monoisotopic (exact) mass is 249 g/mol. The Morgan fingerprint density at radius 2 is 1.53 bits per heavy atom. The largest absolute Gasteiger partial charge is 0.433 e. The Bertz CT molecular complexity index is 369. The van der Waals surface area contributed by atoms with Crippen LogP contribution in [-0.2, 0) is 12.4 Å². The minimum Gasteiger partial charge on any atom is -0.250 e. The van der Waals surface area contributed by atoms with E-state index in [-0.39, 0.29) is 6.07 Å². The van der Waals surface area contributed by atoms with E-state index in [0.29, 0.717) is 6.20 Å². The Hall–Kier alpha value is -0.980. The lowest BCUT2D eigenvalue weighted by Gasteiger charge is -2.13. The fourth-order valence-corrected chi connectivity index (χ4v) is 1.04. The van der Waals surface area contributed by atoms with Crippen molar-refractivity contribution in [3.8, 4) is 0 Å². The molecule has 1 nitrogen and oxygen atoms in total. The minimum atomic E-state index is -5.16. The second-order valence-electron chi connectivity index (χ2n) is 2.55. The van der Waals surface area contributed by atoms with Crippen molar-refractivity contribution >= 4 is 11.6 Å². The van der Waals surface area contributed by atoms with E-state index in [4.69, 9.17) is 11.6 Å². The summed E-state index contributed by atoms with van der Waals surface area (Å²) in [7, 11) is 0. The Morgan fingerprint density at radius 1 is 1.00 bits per heavy atom. The van der Waals surface area contributed by atoms with Crippen LogP contribution in [0.3, 0.4) is 0 Å². The van der Waals surface area contributed by atoms with Crippen LogP contribution in [0.25, 0.3) is 0 Å². The van der Waals surface area contributed by atoms with E-state index in [0.717, 1.165) is 0 Å². The van der Waals surface area contributed by atoms with Crippen LogP contribution in [0.5, 0.6) is 0 Å². The van der Waals surface area contributed by atoms with E-state index in [1.54, 1.807) is 0 Å². The SMILES string of the molecule is FC(F)(F)c1cc(Cl)cnc1C(F)(F)F. The lowest BCUT2D eigenvalue weighted by Crippen LogP contribution is -2.18. The van der Waals surface area contributed by atoms with Gasteiger partial charge in [-0.1, -0.05) is 11.6 Å². The van der Waals surface area contributed by atoms with Gasteiger partial charge in [0, 0.05) is 6.20 Å². The highest BCUT2D eigenvalue weighted by Gasteiger charge is 2.44. The van der Waals surface area contributed by atoms with Crippen molar-refractivity contribution in [2.45, 2.75) is 12.4 Å². The molecule has 0 bridgehead atoms. The standard InChI is InChI=1S/C7H2ClF6N/c8-3-1-4(6(9,10)11)5(15-2-3)7(12,13)14/h1-2H. The molecule has 0 radical (unpaired) electrons. The van der Waals surface area contributed by atoms with Gasteiger partial charge in [-0.3, -0.25) is 0 Å². The van der Waals surface area contributed by atoms with Crippen molar-refractivity contribution in [2.75, 3.05) is 0 Å². The van der Waals surface area contributed by atoms with Crippen LogP contribution in [0, 0.1) is 0 Å². The van der Waals surface area contributed by atoms with Gasteiger partial charge in [-0.2, -0.15) is 26.3 Å². The number of pyridine rings is 1. The van der Waals surface area contributed by atoms with E-state index < -0.39 is 28.6 Å². The average Bonchev–Trinajstić information content (AvgIpc) is 2.00. The third kappa shape index (κ3) is 2.74. The minimum absolute atomic E-state index is 0.192. The summed E-state index contributed by atoms with van der Waals surface area (Å²) in [5.74, 6) is 0. The first kappa shape index (κ1) is 12.1. The maximum atomic E-state index is 12.2. The van der Waals surface area contributed by atoms with Gasteiger partial charge in [0.25, 0.3) is 0 Å². The highest BCUT2D eigenvalue weighted by atomic mass is 35.5. The van der Waals surface area contributed by atoms with Crippen LogP contribution < -0.4 is 0 Å². The summed E-state index contributed by atoms with van der Waals surface area (Å²) < 4.78 is 72.8. The van der Waals surface area contributed by atoms with Gasteiger partial charge in [-0.15, -0.1) is 0 Å². The molecule has 0 saturated carbocycles. The van der Waals surface area contributed by atoms with Crippen molar-refractivity contribution in [3.05, 3.63) is 28.5 Å². The second-order valence-corrected chi connectivity index (χ2v) is 2.98. The van der Waals surface area contributed by atoms with Gasteiger partial charge in [0.15, 0.2) is 5.69 Å². The number of alkyl halides is 6. The molecule has 0 unspecified atom stereocenters. The Morgan fingerprint density at radius 3 is 1.93 bits per heavy atom.